The third kappa shape index (κ3) is 7.14. The summed E-state index contributed by atoms with van der Waals surface area (Å²) in [4.78, 5) is 42.6. The number of carbonyl (C=O) groups excluding carboxylic acids is 3. The van der Waals surface area contributed by atoms with Gasteiger partial charge in [0.05, 0.1) is 13.0 Å². The first-order valence-electron chi connectivity index (χ1n) is 9.83. The molecule has 0 fully saturated rings. The van der Waals surface area contributed by atoms with Crippen LogP contribution >= 0.6 is 0 Å². The second kappa shape index (κ2) is 11.1. The summed E-state index contributed by atoms with van der Waals surface area (Å²) in [6.07, 6.45) is 3.69. The topological polar surface area (TPSA) is 76.6 Å². The van der Waals surface area contributed by atoms with Gasteiger partial charge in [-0.25, -0.2) is 0 Å². The van der Waals surface area contributed by atoms with Crippen molar-refractivity contribution in [3.8, 4) is 0 Å². The molecule has 2 aromatic rings. The first kappa shape index (κ1) is 22.3. The molecule has 1 amide bonds. The maximum Gasteiger partial charge on any atom is 0.307 e. The van der Waals surface area contributed by atoms with E-state index in [2.05, 4.69) is 4.98 Å². The van der Waals surface area contributed by atoms with Gasteiger partial charge in [0.25, 0.3) is 0 Å². The Bertz CT molecular complexity index is 849. The fourth-order valence-electron chi connectivity index (χ4n) is 2.90. The molecule has 29 heavy (non-hydrogen) atoms. The SMILES string of the molecule is CCOC(=O)CCN(Cc1cccnc1)C(=O)CCC(=O)c1ccc(C)c(C)c1. The highest BCUT2D eigenvalue weighted by molar-refractivity contribution is 5.98. The third-order valence-electron chi connectivity index (χ3n) is 4.73. The van der Waals surface area contributed by atoms with Gasteiger partial charge >= 0.3 is 5.97 Å². The van der Waals surface area contributed by atoms with Crippen molar-refractivity contribution < 1.29 is 19.1 Å². The van der Waals surface area contributed by atoms with E-state index >= 15 is 0 Å². The van der Waals surface area contributed by atoms with Gasteiger partial charge in [-0.05, 0) is 49.6 Å². The summed E-state index contributed by atoms with van der Waals surface area (Å²) >= 11 is 0. The summed E-state index contributed by atoms with van der Waals surface area (Å²) in [6, 6.07) is 9.24. The van der Waals surface area contributed by atoms with Crippen LogP contribution in [-0.2, 0) is 20.9 Å². The van der Waals surface area contributed by atoms with Gasteiger partial charge in [-0.15, -0.1) is 0 Å². The number of carbonyl (C=O) groups is 3. The minimum atomic E-state index is -0.345. The van der Waals surface area contributed by atoms with Gasteiger partial charge in [0, 0.05) is 43.9 Å². The fraction of sp³-hybridized carbons (Fsp3) is 0.391. The average molecular weight is 396 g/mol. The van der Waals surface area contributed by atoms with Gasteiger partial charge in [-0.2, -0.15) is 0 Å². The molecule has 1 heterocycles. The van der Waals surface area contributed by atoms with E-state index in [1.807, 2.05) is 32.0 Å². The Labute approximate surface area is 171 Å². The number of benzene rings is 1. The molecule has 0 aliphatic heterocycles. The number of aryl methyl sites for hydroxylation is 2. The quantitative estimate of drug-likeness (QED) is 0.453. The summed E-state index contributed by atoms with van der Waals surface area (Å²) in [5, 5.41) is 0. The van der Waals surface area contributed by atoms with Crippen molar-refractivity contribution in [2.75, 3.05) is 13.2 Å². The number of Topliss-reactive ketones (excluding diaryl/α,β-unsaturated/α-hetero) is 1. The van der Waals surface area contributed by atoms with E-state index in [-0.39, 0.29) is 43.5 Å². The maximum absolute atomic E-state index is 12.8. The first-order valence-corrected chi connectivity index (χ1v) is 9.83. The van der Waals surface area contributed by atoms with Crippen LogP contribution in [0.1, 0.15) is 53.2 Å². The molecule has 0 bridgehead atoms. The van der Waals surface area contributed by atoms with Crippen LogP contribution in [0.5, 0.6) is 0 Å². The standard InChI is InChI=1S/C23H28N2O4/c1-4-29-23(28)11-13-25(16-19-6-5-12-24-15-19)22(27)10-9-21(26)20-8-7-17(2)18(3)14-20/h5-8,12,14-15H,4,9-11,13,16H2,1-3H3. The van der Waals surface area contributed by atoms with Crippen molar-refractivity contribution in [1.29, 1.82) is 0 Å². The average Bonchev–Trinajstić information content (AvgIpc) is 2.72. The second-order valence-corrected chi connectivity index (χ2v) is 6.95. The number of ether oxygens (including phenoxy) is 1. The van der Waals surface area contributed by atoms with E-state index in [0.717, 1.165) is 16.7 Å². The van der Waals surface area contributed by atoms with Crippen LogP contribution in [0.25, 0.3) is 0 Å². The van der Waals surface area contributed by atoms with Crippen molar-refractivity contribution >= 4 is 17.7 Å². The number of hydrogen-bond donors (Lipinski definition) is 0. The molecular formula is C23H28N2O4. The molecule has 0 aliphatic carbocycles. The predicted molar refractivity (Wildman–Crippen MR) is 110 cm³/mol. The van der Waals surface area contributed by atoms with E-state index in [1.165, 1.54) is 0 Å². The van der Waals surface area contributed by atoms with Crippen LogP contribution in [0.3, 0.4) is 0 Å². The van der Waals surface area contributed by atoms with E-state index in [1.54, 1.807) is 36.4 Å². The summed E-state index contributed by atoms with van der Waals surface area (Å²) in [6.45, 7) is 6.58. The molecule has 0 atom stereocenters. The fourth-order valence-corrected chi connectivity index (χ4v) is 2.90. The lowest BCUT2D eigenvalue weighted by Gasteiger charge is -2.22. The number of esters is 1. The minimum absolute atomic E-state index is 0.0619. The van der Waals surface area contributed by atoms with E-state index in [0.29, 0.717) is 18.7 Å². The predicted octanol–water partition coefficient (Wildman–Crippen LogP) is 3.64. The van der Waals surface area contributed by atoms with Gasteiger partial charge < -0.3 is 9.64 Å². The van der Waals surface area contributed by atoms with Crippen LogP contribution in [0.4, 0.5) is 0 Å². The third-order valence-corrected chi connectivity index (χ3v) is 4.73. The molecule has 2 rings (SSSR count). The molecule has 0 radical (unpaired) electrons. The van der Waals surface area contributed by atoms with Crippen molar-refractivity contribution in [3.63, 3.8) is 0 Å². The zero-order valence-corrected chi connectivity index (χ0v) is 17.3. The molecule has 0 unspecified atom stereocenters. The van der Waals surface area contributed by atoms with Crippen LogP contribution in [0.15, 0.2) is 42.7 Å². The summed E-state index contributed by atoms with van der Waals surface area (Å²) in [7, 11) is 0. The molecule has 1 aromatic heterocycles. The molecular weight excluding hydrogens is 368 g/mol. The van der Waals surface area contributed by atoms with Gasteiger partial charge in [-0.3, -0.25) is 19.4 Å². The Kier molecular flexibility index (Phi) is 8.52. The Morgan fingerprint density at radius 3 is 2.48 bits per heavy atom. The smallest absolute Gasteiger partial charge is 0.307 e. The van der Waals surface area contributed by atoms with E-state index in [4.69, 9.17) is 4.74 Å². The van der Waals surface area contributed by atoms with Crippen LogP contribution in [-0.4, -0.2) is 40.7 Å². The van der Waals surface area contributed by atoms with Crippen molar-refractivity contribution in [3.05, 3.63) is 65.0 Å². The van der Waals surface area contributed by atoms with Gasteiger partial charge in [0.2, 0.25) is 5.91 Å². The lowest BCUT2D eigenvalue weighted by atomic mass is 10.0. The van der Waals surface area contributed by atoms with Gasteiger partial charge in [0.1, 0.15) is 0 Å². The highest BCUT2D eigenvalue weighted by Crippen LogP contribution is 2.14. The largest absolute Gasteiger partial charge is 0.466 e. The van der Waals surface area contributed by atoms with Crippen LogP contribution < -0.4 is 0 Å². The Hall–Kier alpha value is -3.02. The molecule has 0 saturated carbocycles. The lowest BCUT2D eigenvalue weighted by molar-refractivity contribution is -0.144. The summed E-state index contributed by atoms with van der Waals surface area (Å²) in [5.41, 5.74) is 3.66. The molecule has 1 aromatic carbocycles. The van der Waals surface area contributed by atoms with Crippen molar-refractivity contribution in [2.45, 2.75) is 46.6 Å². The monoisotopic (exact) mass is 396 g/mol. The zero-order chi connectivity index (χ0) is 21.2. The number of amides is 1. The number of nitrogens with zero attached hydrogens (tertiary/aromatic N) is 2. The van der Waals surface area contributed by atoms with Crippen LogP contribution in [0.2, 0.25) is 0 Å². The Balaban J connectivity index is 2.00. The molecule has 0 N–H and O–H groups in total. The molecule has 0 saturated heterocycles. The number of rotatable bonds is 10. The molecule has 154 valence electrons. The van der Waals surface area contributed by atoms with Crippen LogP contribution in [0, 0.1) is 13.8 Å². The van der Waals surface area contributed by atoms with E-state index in [9.17, 15) is 14.4 Å². The number of hydrogen-bond acceptors (Lipinski definition) is 5. The highest BCUT2D eigenvalue weighted by atomic mass is 16.5. The molecule has 0 spiro atoms. The maximum atomic E-state index is 12.8. The molecule has 0 aliphatic rings. The van der Waals surface area contributed by atoms with E-state index < -0.39 is 0 Å². The summed E-state index contributed by atoms with van der Waals surface area (Å²) in [5.74, 6) is -0.578. The first-order chi connectivity index (χ1) is 13.9. The molecule has 6 nitrogen and oxygen atoms in total. The van der Waals surface area contributed by atoms with Gasteiger partial charge in [0.15, 0.2) is 5.78 Å². The lowest BCUT2D eigenvalue weighted by Crippen LogP contribution is -2.33. The Morgan fingerprint density at radius 1 is 1.03 bits per heavy atom. The highest BCUT2D eigenvalue weighted by Gasteiger charge is 2.18. The zero-order valence-electron chi connectivity index (χ0n) is 17.3. The van der Waals surface area contributed by atoms with Crippen molar-refractivity contribution in [1.82, 2.24) is 9.88 Å². The number of ketones is 1. The normalized spacial score (nSPS) is 10.4. The van der Waals surface area contributed by atoms with Gasteiger partial charge in [-0.1, -0.05) is 18.2 Å². The number of pyridine rings is 1. The second-order valence-electron chi connectivity index (χ2n) is 6.95. The number of aromatic nitrogens is 1. The Morgan fingerprint density at radius 2 is 1.83 bits per heavy atom. The minimum Gasteiger partial charge on any atom is -0.466 e. The summed E-state index contributed by atoms with van der Waals surface area (Å²) < 4.78 is 4.96. The van der Waals surface area contributed by atoms with Crippen molar-refractivity contribution in [2.24, 2.45) is 0 Å². The molecule has 6 heteroatoms.